The molecule has 0 saturated heterocycles. The van der Waals surface area contributed by atoms with Crippen LogP contribution in [-0.4, -0.2) is 31.4 Å². The number of benzene rings is 1. The summed E-state index contributed by atoms with van der Waals surface area (Å²) >= 11 is 4.95. The molecule has 0 unspecified atom stereocenters. The maximum atomic E-state index is 12.0. The SMILES string of the molecule is O=c1[nH]c(=S)[nH]c2c1CN(Cc1cc([N+](=O)[O-])ccc1O)CC2. The van der Waals surface area contributed by atoms with E-state index >= 15 is 0 Å². The van der Waals surface area contributed by atoms with Crippen molar-refractivity contribution in [1.82, 2.24) is 14.9 Å². The third kappa shape index (κ3) is 3.15. The Hall–Kier alpha value is -2.52. The molecule has 3 N–H and O–H groups in total. The van der Waals surface area contributed by atoms with Crippen molar-refractivity contribution in [3.63, 3.8) is 0 Å². The van der Waals surface area contributed by atoms with Gasteiger partial charge in [-0.15, -0.1) is 0 Å². The zero-order valence-electron chi connectivity index (χ0n) is 12.0. The lowest BCUT2D eigenvalue weighted by Crippen LogP contribution is -2.35. The molecule has 0 spiro atoms. The Balaban J connectivity index is 1.85. The van der Waals surface area contributed by atoms with Gasteiger partial charge in [0.05, 0.1) is 10.5 Å². The number of nitrogens with zero attached hydrogens (tertiary/aromatic N) is 2. The molecule has 9 heteroatoms. The lowest BCUT2D eigenvalue weighted by molar-refractivity contribution is -0.385. The molecule has 2 heterocycles. The highest BCUT2D eigenvalue weighted by Gasteiger charge is 2.21. The standard InChI is InChI=1S/C14H14N4O4S/c19-12-2-1-9(18(21)22)5-8(12)6-17-4-3-11-10(7-17)13(20)16-14(23)15-11/h1-2,5,19H,3-4,6-7H2,(H2,15,16,20,23). The van der Waals surface area contributed by atoms with Gasteiger partial charge in [-0.3, -0.25) is 24.8 Å². The Morgan fingerprint density at radius 2 is 2.17 bits per heavy atom. The predicted octanol–water partition coefficient (Wildman–Crippen LogP) is 1.60. The molecule has 0 aliphatic carbocycles. The molecule has 0 saturated carbocycles. The summed E-state index contributed by atoms with van der Waals surface area (Å²) < 4.78 is 0.304. The molecule has 0 radical (unpaired) electrons. The van der Waals surface area contributed by atoms with Gasteiger partial charge in [-0.2, -0.15) is 0 Å². The van der Waals surface area contributed by atoms with Crippen LogP contribution in [0.5, 0.6) is 5.75 Å². The molecule has 2 aromatic rings. The van der Waals surface area contributed by atoms with E-state index in [1.54, 1.807) is 0 Å². The lowest BCUT2D eigenvalue weighted by atomic mass is 10.1. The first-order valence-electron chi connectivity index (χ1n) is 6.97. The van der Waals surface area contributed by atoms with Gasteiger partial charge in [-0.25, -0.2) is 0 Å². The van der Waals surface area contributed by atoms with E-state index in [0.29, 0.717) is 42.0 Å². The second kappa shape index (κ2) is 5.94. The van der Waals surface area contributed by atoms with Crippen molar-refractivity contribution in [2.75, 3.05) is 6.54 Å². The van der Waals surface area contributed by atoms with Crippen LogP contribution in [0.15, 0.2) is 23.0 Å². The second-order valence-electron chi connectivity index (χ2n) is 5.40. The molecule has 3 rings (SSSR count). The molecular weight excluding hydrogens is 320 g/mol. The van der Waals surface area contributed by atoms with Crippen molar-refractivity contribution in [1.29, 1.82) is 0 Å². The third-order valence-corrected chi connectivity index (χ3v) is 4.06. The molecular formula is C14H14N4O4S. The fraction of sp³-hybridized carbons (Fsp3) is 0.286. The Labute approximate surface area is 135 Å². The topological polar surface area (TPSA) is 115 Å². The third-order valence-electron chi connectivity index (χ3n) is 3.86. The van der Waals surface area contributed by atoms with Gasteiger partial charge in [0, 0.05) is 49.4 Å². The first-order valence-corrected chi connectivity index (χ1v) is 7.38. The lowest BCUT2D eigenvalue weighted by Gasteiger charge is -2.27. The molecule has 0 atom stereocenters. The van der Waals surface area contributed by atoms with Crippen LogP contribution in [0.1, 0.15) is 16.8 Å². The van der Waals surface area contributed by atoms with Crippen LogP contribution < -0.4 is 5.56 Å². The molecule has 0 amide bonds. The maximum absolute atomic E-state index is 12.0. The monoisotopic (exact) mass is 334 g/mol. The van der Waals surface area contributed by atoms with E-state index in [0.717, 1.165) is 5.69 Å². The molecule has 1 aromatic carbocycles. The highest BCUT2D eigenvalue weighted by atomic mass is 32.1. The van der Waals surface area contributed by atoms with Crippen molar-refractivity contribution < 1.29 is 10.0 Å². The van der Waals surface area contributed by atoms with E-state index in [2.05, 4.69) is 9.97 Å². The van der Waals surface area contributed by atoms with Crippen LogP contribution in [0.4, 0.5) is 5.69 Å². The van der Waals surface area contributed by atoms with E-state index in [1.165, 1.54) is 18.2 Å². The molecule has 1 aliphatic rings. The number of H-pyrrole nitrogens is 2. The molecule has 23 heavy (non-hydrogen) atoms. The largest absolute Gasteiger partial charge is 0.508 e. The summed E-state index contributed by atoms with van der Waals surface area (Å²) in [6.45, 7) is 1.37. The van der Waals surface area contributed by atoms with Crippen LogP contribution in [-0.2, 0) is 19.5 Å². The molecule has 8 nitrogen and oxygen atoms in total. The van der Waals surface area contributed by atoms with Gasteiger partial charge in [0.1, 0.15) is 5.75 Å². The van der Waals surface area contributed by atoms with Gasteiger partial charge in [0.25, 0.3) is 11.2 Å². The smallest absolute Gasteiger partial charge is 0.270 e. The number of aromatic hydroxyl groups is 1. The van der Waals surface area contributed by atoms with E-state index in [-0.39, 0.29) is 17.0 Å². The molecule has 1 aliphatic heterocycles. The average Bonchev–Trinajstić information content (AvgIpc) is 2.49. The Morgan fingerprint density at radius 3 is 2.91 bits per heavy atom. The first-order chi connectivity index (χ1) is 10.9. The molecule has 1 aromatic heterocycles. The predicted molar refractivity (Wildman–Crippen MR) is 84.8 cm³/mol. The number of aromatic nitrogens is 2. The number of nitrogens with one attached hydrogen (secondary N) is 2. The van der Waals surface area contributed by atoms with Crippen molar-refractivity contribution in [3.05, 3.63) is 60.3 Å². The maximum Gasteiger partial charge on any atom is 0.270 e. The number of fused-ring (bicyclic) bond motifs is 1. The summed E-state index contributed by atoms with van der Waals surface area (Å²) in [5, 5.41) is 20.7. The van der Waals surface area contributed by atoms with Crippen LogP contribution in [0, 0.1) is 14.9 Å². The summed E-state index contributed by atoms with van der Waals surface area (Å²) in [5.41, 5.74) is 1.59. The number of nitro benzene ring substituents is 1. The zero-order chi connectivity index (χ0) is 16.6. The Morgan fingerprint density at radius 1 is 1.39 bits per heavy atom. The fourth-order valence-corrected chi connectivity index (χ4v) is 2.92. The fourth-order valence-electron chi connectivity index (χ4n) is 2.70. The first kappa shape index (κ1) is 15.4. The average molecular weight is 334 g/mol. The quantitative estimate of drug-likeness (QED) is 0.446. The number of rotatable bonds is 3. The summed E-state index contributed by atoms with van der Waals surface area (Å²) in [6.07, 6.45) is 0.624. The van der Waals surface area contributed by atoms with Crippen LogP contribution in [0.2, 0.25) is 0 Å². The number of aromatic amines is 2. The minimum Gasteiger partial charge on any atom is -0.508 e. The summed E-state index contributed by atoms with van der Waals surface area (Å²) in [4.78, 5) is 29.8. The number of hydrogen-bond donors (Lipinski definition) is 3. The summed E-state index contributed by atoms with van der Waals surface area (Å²) in [7, 11) is 0. The van der Waals surface area contributed by atoms with Crippen molar-refractivity contribution in [2.45, 2.75) is 19.5 Å². The van der Waals surface area contributed by atoms with E-state index < -0.39 is 4.92 Å². The van der Waals surface area contributed by atoms with Gasteiger partial charge in [0.2, 0.25) is 0 Å². The Kier molecular flexibility index (Phi) is 3.97. The number of nitro groups is 1. The zero-order valence-corrected chi connectivity index (χ0v) is 12.9. The second-order valence-corrected chi connectivity index (χ2v) is 5.80. The van der Waals surface area contributed by atoms with Gasteiger partial charge in [0.15, 0.2) is 4.77 Å². The number of hydrogen-bond acceptors (Lipinski definition) is 6. The van der Waals surface area contributed by atoms with Crippen LogP contribution >= 0.6 is 12.2 Å². The van der Waals surface area contributed by atoms with Gasteiger partial charge in [-0.1, -0.05) is 0 Å². The van der Waals surface area contributed by atoms with Crippen LogP contribution in [0.3, 0.4) is 0 Å². The minimum absolute atomic E-state index is 0.00257. The summed E-state index contributed by atoms with van der Waals surface area (Å²) in [6, 6.07) is 3.93. The van der Waals surface area contributed by atoms with E-state index in [1.807, 2.05) is 4.90 Å². The van der Waals surface area contributed by atoms with Crippen LogP contribution in [0.25, 0.3) is 0 Å². The van der Waals surface area contributed by atoms with Crippen molar-refractivity contribution >= 4 is 17.9 Å². The van der Waals surface area contributed by atoms with Gasteiger partial charge in [-0.05, 0) is 18.3 Å². The normalized spacial score (nSPS) is 14.4. The molecule has 120 valence electrons. The molecule has 0 bridgehead atoms. The summed E-state index contributed by atoms with van der Waals surface area (Å²) in [5.74, 6) is 0.00257. The van der Waals surface area contributed by atoms with Gasteiger partial charge < -0.3 is 10.1 Å². The number of non-ortho nitro benzene ring substituents is 1. The highest BCUT2D eigenvalue weighted by Crippen LogP contribution is 2.25. The van der Waals surface area contributed by atoms with Crippen molar-refractivity contribution in [2.24, 2.45) is 0 Å². The van der Waals surface area contributed by atoms with E-state index in [4.69, 9.17) is 12.2 Å². The highest BCUT2D eigenvalue weighted by molar-refractivity contribution is 7.71. The number of phenols is 1. The minimum atomic E-state index is -0.501. The Bertz CT molecular complexity index is 889. The number of phenolic OH excluding ortho intramolecular Hbond substituents is 1. The van der Waals surface area contributed by atoms with Gasteiger partial charge >= 0.3 is 0 Å². The van der Waals surface area contributed by atoms with E-state index in [9.17, 15) is 20.0 Å². The molecule has 0 fully saturated rings. The van der Waals surface area contributed by atoms with Crippen molar-refractivity contribution in [3.8, 4) is 5.75 Å².